The number of carbonyl (C=O) groups is 1. The van der Waals surface area contributed by atoms with Gasteiger partial charge in [-0.3, -0.25) is 4.79 Å². The average molecular weight is 428 g/mol. The van der Waals surface area contributed by atoms with E-state index in [0.29, 0.717) is 47.4 Å². The van der Waals surface area contributed by atoms with E-state index in [1.54, 1.807) is 43.6 Å². The molecular formula is C26H24N2O4. The number of nitrogens with one attached hydrogen (secondary N) is 1. The summed E-state index contributed by atoms with van der Waals surface area (Å²) in [5.41, 5.74) is 3.87. The van der Waals surface area contributed by atoms with Crippen LogP contribution in [0.3, 0.4) is 0 Å². The third-order valence-corrected chi connectivity index (χ3v) is 4.91. The van der Waals surface area contributed by atoms with Gasteiger partial charge in [0.05, 0.1) is 18.4 Å². The Bertz CT molecular complexity index is 1180. The van der Waals surface area contributed by atoms with Crippen LogP contribution < -0.4 is 10.1 Å². The number of ether oxygens (including phenoxy) is 2. The van der Waals surface area contributed by atoms with E-state index in [1.165, 1.54) is 5.56 Å². The monoisotopic (exact) mass is 428 g/mol. The number of rotatable bonds is 8. The van der Waals surface area contributed by atoms with Crippen molar-refractivity contribution in [3.63, 3.8) is 0 Å². The van der Waals surface area contributed by atoms with Gasteiger partial charge in [-0.1, -0.05) is 42.0 Å². The lowest BCUT2D eigenvalue weighted by atomic mass is 10.1. The van der Waals surface area contributed by atoms with E-state index < -0.39 is 0 Å². The van der Waals surface area contributed by atoms with Crippen LogP contribution in [0.1, 0.15) is 15.9 Å². The number of hydrogen-bond acceptors (Lipinski definition) is 5. The van der Waals surface area contributed by atoms with Crippen LogP contribution in [0.2, 0.25) is 0 Å². The van der Waals surface area contributed by atoms with Gasteiger partial charge in [0.1, 0.15) is 12.4 Å². The highest BCUT2D eigenvalue weighted by atomic mass is 16.5. The normalized spacial score (nSPS) is 10.7. The lowest BCUT2D eigenvalue weighted by Gasteiger charge is -2.10. The van der Waals surface area contributed by atoms with E-state index in [-0.39, 0.29) is 5.91 Å². The van der Waals surface area contributed by atoms with Crippen LogP contribution in [0.15, 0.2) is 83.4 Å². The van der Waals surface area contributed by atoms with Crippen LogP contribution in [0.4, 0.5) is 5.69 Å². The van der Waals surface area contributed by atoms with Gasteiger partial charge < -0.3 is 19.2 Å². The number of methoxy groups -OCH3 is 1. The highest BCUT2D eigenvalue weighted by molar-refractivity contribution is 6.08. The molecule has 0 radical (unpaired) electrons. The molecule has 162 valence electrons. The summed E-state index contributed by atoms with van der Waals surface area (Å²) in [5, 5.41) is 2.92. The van der Waals surface area contributed by atoms with Crippen molar-refractivity contribution in [2.24, 2.45) is 0 Å². The van der Waals surface area contributed by atoms with Gasteiger partial charge in [0.15, 0.2) is 5.76 Å². The first kappa shape index (κ1) is 21.3. The third kappa shape index (κ3) is 5.04. The van der Waals surface area contributed by atoms with Gasteiger partial charge in [0, 0.05) is 23.9 Å². The number of nitrogens with zero attached hydrogens (tertiary/aromatic N) is 1. The molecule has 6 nitrogen and oxygen atoms in total. The number of amides is 1. The summed E-state index contributed by atoms with van der Waals surface area (Å²) in [6.45, 7) is 3.02. The first-order chi connectivity index (χ1) is 15.6. The van der Waals surface area contributed by atoms with E-state index in [0.717, 1.165) is 5.56 Å². The molecule has 0 aliphatic rings. The molecule has 1 aromatic heterocycles. The minimum atomic E-state index is -0.247. The predicted octanol–water partition coefficient (Wildman–Crippen LogP) is 5.59. The maximum atomic E-state index is 13.0. The Kier molecular flexibility index (Phi) is 6.63. The molecule has 4 rings (SSSR count). The van der Waals surface area contributed by atoms with Gasteiger partial charge in [-0.25, -0.2) is 4.98 Å². The molecule has 0 unspecified atom stereocenters. The van der Waals surface area contributed by atoms with E-state index in [4.69, 9.17) is 13.9 Å². The fraction of sp³-hybridized carbons (Fsp3) is 0.154. The highest BCUT2D eigenvalue weighted by Crippen LogP contribution is 2.29. The number of benzene rings is 3. The molecule has 0 fully saturated rings. The highest BCUT2D eigenvalue weighted by Gasteiger charge is 2.17. The Morgan fingerprint density at radius 1 is 0.969 bits per heavy atom. The van der Waals surface area contributed by atoms with Crippen LogP contribution in [0, 0.1) is 6.92 Å². The summed E-state index contributed by atoms with van der Waals surface area (Å²) in [6, 6.07) is 22.5. The molecule has 0 aliphatic heterocycles. The Balaban J connectivity index is 1.51. The van der Waals surface area contributed by atoms with Crippen LogP contribution in [0.25, 0.3) is 22.8 Å². The van der Waals surface area contributed by atoms with Gasteiger partial charge in [-0.15, -0.1) is 0 Å². The fourth-order valence-corrected chi connectivity index (χ4v) is 3.19. The van der Waals surface area contributed by atoms with E-state index in [2.05, 4.69) is 10.3 Å². The summed E-state index contributed by atoms with van der Waals surface area (Å²) in [6.07, 6.45) is 1.68. The summed E-state index contributed by atoms with van der Waals surface area (Å²) in [5.74, 6) is 1.51. The van der Waals surface area contributed by atoms with Gasteiger partial charge in [-0.2, -0.15) is 0 Å². The zero-order chi connectivity index (χ0) is 22.3. The van der Waals surface area contributed by atoms with Crippen molar-refractivity contribution < 1.29 is 18.7 Å². The second-order valence-corrected chi connectivity index (χ2v) is 7.26. The molecule has 0 saturated carbocycles. The zero-order valence-electron chi connectivity index (χ0n) is 18.0. The number of anilines is 1. The Hall–Kier alpha value is -3.90. The quantitative estimate of drug-likeness (QED) is 0.370. The molecule has 6 heteroatoms. The molecule has 32 heavy (non-hydrogen) atoms. The number of carbonyl (C=O) groups excluding carboxylic acids is 1. The summed E-state index contributed by atoms with van der Waals surface area (Å²) in [7, 11) is 1.63. The fourth-order valence-electron chi connectivity index (χ4n) is 3.19. The van der Waals surface area contributed by atoms with Gasteiger partial charge >= 0.3 is 0 Å². The van der Waals surface area contributed by atoms with E-state index in [1.807, 2.05) is 49.4 Å². The summed E-state index contributed by atoms with van der Waals surface area (Å²) >= 11 is 0. The minimum absolute atomic E-state index is 0.247. The number of aryl methyl sites for hydroxylation is 1. The average Bonchev–Trinajstić information content (AvgIpc) is 3.31. The van der Waals surface area contributed by atoms with Crippen molar-refractivity contribution >= 4 is 11.6 Å². The van der Waals surface area contributed by atoms with Crippen LogP contribution >= 0.6 is 0 Å². The molecule has 0 spiro atoms. The Labute approximate surface area is 186 Å². The third-order valence-electron chi connectivity index (χ3n) is 4.91. The molecule has 1 amide bonds. The van der Waals surface area contributed by atoms with Crippen LogP contribution in [-0.4, -0.2) is 31.2 Å². The molecule has 4 aromatic rings. The second-order valence-electron chi connectivity index (χ2n) is 7.26. The van der Waals surface area contributed by atoms with Crippen LogP contribution in [0.5, 0.6) is 5.75 Å². The van der Waals surface area contributed by atoms with Gasteiger partial charge in [0.2, 0.25) is 5.89 Å². The lowest BCUT2D eigenvalue weighted by Crippen LogP contribution is -2.13. The second kappa shape index (κ2) is 9.94. The van der Waals surface area contributed by atoms with Gasteiger partial charge in [-0.05, 0) is 43.3 Å². The lowest BCUT2D eigenvalue weighted by molar-refractivity contribution is 0.102. The molecule has 0 bridgehead atoms. The van der Waals surface area contributed by atoms with Crippen molar-refractivity contribution in [1.29, 1.82) is 0 Å². The van der Waals surface area contributed by atoms with Crippen molar-refractivity contribution in [1.82, 2.24) is 4.98 Å². The van der Waals surface area contributed by atoms with E-state index >= 15 is 0 Å². The van der Waals surface area contributed by atoms with Crippen molar-refractivity contribution in [3.8, 4) is 28.5 Å². The largest absolute Gasteiger partial charge is 0.491 e. The Morgan fingerprint density at radius 2 is 1.72 bits per heavy atom. The standard InChI is InChI=1S/C26H24N2O4/c1-18-7-9-19(10-8-18)24-17-27-26(32-24)23-6-4-3-5-22(23)25(29)28-20-11-13-21(14-12-20)31-16-15-30-2/h3-14,17H,15-16H2,1-2H3,(H,28,29). The Morgan fingerprint density at radius 3 is 2.47 bits per heavy atom. The SMILES string of the molecule is COCCOc1ccc(NC(=O)c2ccccc2-c2ncc(-c3ccc(C)cc3)o2)cc1. The van der Waals surface area contributed by atoms with Crippen molar-refractivity contribution in [3.05, 3.63) is 90.1 Å². The smallest absolute Gasteiger partial charge is 0.256 e. The topological polar surface area (TPSA) is 73.6 Å². The number of oxazole rings is 1. The minimum Gasteiger partial charge on any atom is -0.491 e. The van der Waals surface area contributed by atoms with Gasteiger partial charge in [0.25, 0.3) is 5.91 Å². The molecular weight excluding hydrogens is 404 g/mol. The molecule has 1 heterocycles. The first-order valence-electron chi connectivity index (χ1n) is 10.3. The molecule has 1 N–H and O–H groups in total. The predicted molar refractivity (Wildman–Crippen MR) is 124 cm³/mol. The number of hydrogen-bond donors (Lipinski definition) is 1. The molecule has 3 aromatic carbocycles. The number of aromatic nitrogens is 1. The molecule has 0 aliphatic carbocycles. The molecule has 0 atom stereocenters. The first-order valence-corrected chi connectivity index (χ1v) is 10.3. The summed E-state index contributed by atoms with van der Waals surface area (Å²) in [4.78, 5) is 17.4. The molecule has 0 saturated heterocycles. The zero-order valence-corrected chi connectivity index (χ0v) is 18.0. The maximum Gasteiger partial charge on any atom is 0.256 e. The van der Waals surface area contributed by atoms with E-state index in [9.17, 15) is 4.79 Å². The van der Waals surface area contributed by atoms with Crippen molar-refractivity contribution in [2.45, 2.75) is 6.92 Å². The van der Waals surface area contributed by atoms with Crippen molar-refractivity contribution in [2.75, 3.05) is 25.6 Å². The maximum absolute atomic E-state index is 13.0. The summed E-state index contributed by atoms with van der Waals surface area (Å²) < 4.78 is 16.5. The van der Waals surface area contributed by atoms with Crippen LogP contribution in [-0.2, 0) is 4.74 Å².